The van der Waals surface area contributed by atoms with Gasteiger partial charge >= 0.3 is 5.97 Å². The van der Waals surface area contributed by atoms with E-state index in [0.29, 0.717) is 24.3 Å². The molecule has 1 spiro atoms. The second-order valence-corrected chi connectivity index (χ2v) is 12.5. The number of aliphatic hydroxyl groups excluding tert-OH is 2. The number of hydrogen-bond acceptors (Lipinski definition) is 6. The molecule has 1 fully saturated rings. The van der Waals surface area contributed by atoms with Crippen LogP contribution >= 0.6 is 0 Å². The first-order chi connectivity index (χ1) is 18.1. The van der Waals surface area contributed by atoms with Crippen LogP contribution in [0.25, 0.3) is 0 Å². The van der Waals surface area contributed by atoms with Crippen LogP contribution in [0.15, 0.2) is 51.6 Å². The van der Waals surface area contributed by atoms with Gasteiger partial charge in [-0.2, -0.15) is 0 Å². The van der Waals surface area contributed by atoms with Gasteiger partial charge in [0.1, 0.15) is 6.10 Å². The normalized spacial score (nSPS) is 42.2. The highest BCUT2D eigenvalue weighted by Crippen LogP contribution is 2.53. The minimum Gasteiger partial charge on any atom is -0.450 e. The lowest BCUT2D eigenvalue weighted by Crippen LogP contribution is -2.45. The second kappa shape index (κ2) is 10.9. The molecule has 5 rings (SSSR count). The summed E-state index contributed by atoms with van der Waals surface area (Å²) in [6.07, 6.45) is 10.2. The van der Waals surface area contributed by atoms with E-state index in [1.54, 1.807) is 0 Å². The topological polar surface area (TPSA) is 88.4 Å². The minimum atomic E-state index is -0.629. The Hall–Kier alpha value is -2.02. The maximum absolute atomic E-state index is 12.2. The van der Waals surface area contributed by atoms with Crippen LogP contribution in [0.3, 0.4) is 0 Å². The van der Waals surface area contributed by atoms with Crippen molar-refractivity contribution in [2.45, 2.75) is 116 Å². The predicted molar refractivity (Wildman–Crippen MR) is 149 cm³/mol. The van der Waals surface area contributed by atoms with Crippen LogP contribution in [0, 0.1) is 17.3 Å². The minimum absolute atomic E-state index is 0.0613. The van der Waals surface area contributed by atoms with Crippen molar-refractivity contribution >= 4 is 11.7 Å². The van der Waals surface area contributed by atoms with Crippen LogP contribution in [0.2, 0.25) is 0 Å². The third kappa shape index (κ3) is 5.00. The maximum Gasteiger partial charge on any atom is 0.334 e. The monoisotopic (exact) mass is 523 g/mol. The molecule has 5 aliphatic rings. The molecule has 0 radical (unpaired) electrons. The molecular formula is C32H45NO5. The number of hydrogen-bond donors (Lipinski definition) is 2. The zero-order valence-electron chi connectivity index (χ0n) is 23.5. The fourth-order valence-corrected chi connectivity index (χ4v) is 7.70. The smallest absolute Gasteiger partial charge is 0.334 e. The van der Waals surface area contributed by atoms with E-state index in [0.717, 1.165) is 62.6 Å². The number of fused-ring (bicyclic) bond motifs is 2. The summed E-state index contributed by atoms with van der Waals surface area (Å²) < 4.78 is 12.1. The van der Waals surface area contributed by atoms with Crippen molar-refractivity contribution in [3.8, 4) is 0 Å². The number of rotatable bonds is 1. The van der Waals surface area contributed by atoms with Gasteiger partial charge in [-0.1, -0.05) is 25.2 Å². The van der Waals surface area contributed by atoms with Crippen molar-refractivity contribution in [2.24, 2.45) is 22.2 Å². The van der Waals surface area contributed by atoms with Crippen LogP contribution in [-0.2, 0) is 14.3 Å². The molecule has 8 atom stereocenters. The lowest BCUT2D eigenvalue weighted by molar-refractivity contribution is -0.138. The van der Waals surface area contributed by atoms with Gasteiger partial charge in [0.25, 0.3) is 0 Å². The first-order valence-corrected chi connectivity index (χ1v) is 14.6. The van der Waals surface area contributed by atoms with Crippen molar-refractivity contribution < 1.29 is 24.5 Å². The molecule has 4 heterocycles. The number of carbonyl (C=O) groups excluding carboxylic acids is 1. The fraction of sp³-hybridized carbons (Fsp3) is 0.688. The molecular weight excluding hydrogens is 478 g/mol. The Bertz CT molecular complexity index is 1100. The van der Waals surface area contributed by atoms with Crippen LogP contribution < -0.4 is 0 Å². The lowest BCUT2D eigenvalue weighted by atomic mass is 9.57. The third-order valence-electron chi connectivity index (χ3n) is 10.0. The zero-order valence-corrected chi connectivity index (χ0v) is 23.5. The SMILES string of the molecule is C=C1[C@H](O)CCC2=NCCC[C@@]23CCC([C@@H]2C=C(C)C(=O)O2)=C(C)[C@@H]3/C=C(\C)[C@@H](O)CC[C@H]2C[C@@H](C)[C@@H]1O2. The van der Waals surface area contributed by atoms with E-state index in [4.69, 9.17) is 14.5 Å². The molecule has 0 aromatic heterocycles. The fourth-order valence-electron chi connectivity index (χ4n) is 7.70. The van der Waals surface area contributed by atoms with Gasteiger partial charge in [-0.25, -0.2) is 4.79 Å². The van der Waals surface area contributed by atoms with E-state index in [2.05, 4.69) is 26.5 Å². The van der Waals surface area contributed by atoms with E-state index >= 15 is 0 Å². The molecule has 6 heteroatoms. The highest BCUT2D eigenvalue weighted by molar-refractivity contribution is 5.93. The molecule has 38 heavy (non-hydrogen) atoms. The van der Waals surface area contributed by atoms with Crippen LogP contribution in [0.5, 0.6) is 0 Å². The van der Waals surface area contributed by atoms with Gasteiger partial charge in [-0.05, 0) is 107 Å². The van der Waals surface area contributed by atoms with Crippen LogP contribution in [0.4, 0.5) is 0 Å². The third-order valence-corrected chi connectivity index (χ3v) is 10.0. The lowest BCUT2D eigenvalue weighted by Gasteiger charge is -2.48. The number of allylic oxidation sites excluding steroid dienone is 2. The van der Waals surface area contributed by atoms with E-state index in [9.17, 15) is 15.0 Å². The number of nitrogens with zero attached hydrogens (tertiary/aromatic N) is 1. The van der Waals surface area contributed by atoms with Gasteiger partial charge in [0, 0.05) is 29.2 Å². The van der Waals surface area contributed by atoms with Crippen molar-refractivity contribution in [3.63, 3.8) is 0 Å². The molecule has 1 aliphatic carbocycles. The second-order valence-electron chi connectivity index (χ2n) is 12.5. The van der Waals surface area contributed by atoms with E-state index in [-0.39, 0.29) is 35.6 Å². The van der Waals surface area contributed by atoms with Gasteiger partial charge in [-0.3, -0.25) is 4.99 Å². The Morgan fingerprint density at radius 2 is 1.84 bits per heavy atom. The molecule has 0 unspecified atom stereocenters. The Morgan fingerprint density at radius 1 is 1.05 bits per heavy atom. The van der Waals surface area contributed by atoms with Crippen molar-refractivity contribution in [2.75, 3.05) is 6.54 Å². The predicted octanol–water partition coefficient (Wildman–Crippen LogP) is 5.40. The number of ether oxygens (including phenoxy) is 2. The first kappa shape index (κ1) is 27.5. The van der Waals surface area contributed by atoms with E-state index in [1.807, 2.05) is 19.9 Å². The molecule has 2 N–H and O–H groups in total. The number of aliphatic hydroxyl groups is 2. The Morgan fingerprint density at radius 3 is 2.58 bits per heavy atom. The molecule has 6 nitrogen and oxygen atoms in total. The number of carbonyl (C=O) groups is 1. The molecule has 0 saturated carbocycles. The summed E-state index contributed by atoms with van der Waals surface area (Å²) in [5, 5.41) is 22.4. The molecule has 0 amide bonds. The van der Waals surface area contributed by atoms with Crippen LogP contribution in [0.1, 0.15) is 85.5 Å². The van der Waals surface area contributed by atoms with Crippen molar-refractivity contribution in [1.29, 1.82) is 0 Å². The number of aliphatic imine (C=N–C) groups is 1. The highest BCUT2D eigenvalue weighted by Gasteiger charge is 2.48. The molecule has 1 saturated heterocycles. The molecule has 0 aromatic rings. The Labute approximate surface area is 227 Å². The zero-order chi connectivity index (χ0) is 27.2. The summed E-state index contributed by atoms with van der Waals surface area (Å²) in [7, 11) is 0. The van der Waals surface area contributed by atoms with Gasteiger partial charge in [-0.15, -0.1) is 0 Å². The number of cyclic esters (lactones) is 1. The number of esters is 1. The standard InChI is InChI=1S/C32H45NO5/c1-18-16-25-21(4)24(28-17-20(3)31(36)38-28)11-13-32(25)12-6-14-33-29(32)10-9-27(35)22(5)30-19(2)15-23(37-30)7-8-26(18)34/h16-17,19,23,25-28,30,34-35H,5-15H2,1-4H3/b18-16+/t19-,23+,25+,26+,27-,28+,30+,32+/m1/s1. The van der Waals surface area contributed by atoms with Crippen molar-refractivity contribution in [1.82, 2.24) is 0 Å². The molecule has 2 bridgehead atoms. The molecule has 0 aromatic carbocycles. The van der Waals surface area contributed by atoms with Gasteiger partial charge in [0.05, 0.1) is 24.4 Å². The highest BCUT2D eigenvalue weighted by atomic mass is 16.5. The van der Waals surface area contributed by atoms with Crippen molar-refractivity contribution in [3.05, 3.63) is 46.6 Å². The maximum atomic E-state index is 12.2. The molecule has 208 valence electrons. The van der Waals surface area contributed by atoms with Gasteiger partial charge in [0.15, 0.2) is 0 Å². The summed E-state index contributed by atoms with van der Waals surface area (Å²) in [6, 6.07) is 0. The summed E-state index contributed by atoms with van der Waals surface area (Å²) in [4.78, 5) is 17.3. The quantitative estimate of drug-likeness (QED) is 0.355. The summed E-state index contributed by atoms with van der Waals surface area (Å²) in [5.41, 5.74) is 5.86. The average Bonchev–Trinajstić information content (AvgIpc) is 3.43. The largest absolute Gasteiger partial charge is 0.450 e. The van der Waals surface area contributed by atoms with Gasteiger partial charge < -0.3 is 19.7 Å². The van der Waals surface area contributed by atoms with E-state index in [1.165, 1.54) is 16.9 Å². The average molecular weight is 524 g/mol. The summed E-state index contributed by atoms with van der Waals surface area (Å²) in [5.74, 6) is 0.129. The van der Waals surface area contributed by atoms with E-state index < -0.39 is 12.2 Å². The summed E-state index contributed by atoms with van der Waals surface area (Å²) >= 11 is 0. The van der Waals surface area contributed by atoms with Gasteiger partial charge in [0.2, 0.25) is 0 Å². The summed E-state index contributed by atoms with van der Waals surface area (Å²) in [6.45, 7) is 13.3. The first-order valence-electron chi connectivity index (χ1n) is 14.6. The molecule has 4 aliphatic heterocycles. The Kier molecular flexibility index (Phi) is 7.87. The Balaban J connectivity index is 1.55. The van der Waals surface area contributed by atoms with Crippen LogP contribution in [-0.4, -0.2) is 59.0 Å².